The van der Waals surface area contributed by atoms with Gasteiger partial charge in [0.05, 0.1) is 5.56 Å². The molecule has 0 spiro atoms. The number of benzene rings is 2. The van der Waals surface area contributed by atoms with E-state index in [1.54, 1.807) is 19.2 Å². The van der Waals surface area contributed by atoms with E-state index in [-0.39, 0.29) is 17.2 Å². The molecule has 0 aliphatic heterocycles. The van der Waals surface area contributed by atoms with Crippen LogP contribution in [0.25, 0.3) is 0 Å². The fraction of sp³-hybridized carbons (Fsp3) is 0.176. The quantitative estimate of drug-likeness (QED) is 0.881. The lowest BCUT2D eigenvalue weighted by Gasteiger charge is -2.21. The maximum absolute atomic E-state index is 12.3. The number of aromatic hydroxyl groups is 1. The molecule has 2 aromatic carbocycles. The van der Waals surface area contributed by atoms with Gasteiger partial charge in [0.2, 0.25) is 0 Å². The summed E-state index contributed by atoms with van der Waals surface area (Å²) >= 11 is 0. The van der Waals surface area contributed by atoms with Crippen molar-refractivity contribution in [1.82, 2.24) is 0 Å². The first-order valence-electron chi connectivity index (χ1n) is 6.81. The van der Waals surface area contributed by atoms with Crippen LogP contribution >= 0.6 is 0 Å². The smallest absolute Gasteiger partial charge is 0.338 e. The van der Waals surface area contributed by atoms with Crippen molar-refractivity contribution in [2.24, 2.45) is 0 Å². The number of phenols is 1. The number of hydrogen-bond acceptors (Lipinski definition) is 4. The maximum atomic E-state index is 12.3. The van der Waals surface area contributed by atoms with E-state index in [4.69, 9.17) is 4.74 Å². The van der Waals surface area contributed by atoms with Gasteiger partial charge in [-0.1, -0.05) is 18.2 Å². The lowest BCUT2D eigenvalue weighted by Crippen LogP contribution is -2.37. The van der Waals surface area contributed by atoms with Gasteiger partial charge in [0.1, 0.15) is 5.75 Å². The number of hydrogen-bond donors (Lipinski definition) is 1. The summed E-state index contributed by atoms with van der Waals surface area (Å²) in [5, 5.41) is 9.19. The predicted molar refractivity (Wildman–Crippen MR) is 82.8 cm³/mol. The summed E-state index contributed by atoms with van der Waals surface area (Å²) < 4.78 is 5.17. The van der Waals surface area contributed by atoms with Gasteiger partial charge in [-0.05, 0) is 43.3 Å². The highest BCUT2D eigenvalue weighted by Gasteiger charge is 2.23. The molecule has 0 saturated carbocycles. The molecule has 22 heavy (non-hydrogen) atoms. The molecule has 0 saturated heterocycles. The van der Waals surface area contributed by atoms with E-state index in [1.807, 2.05) is 18.2 Å². The first-order valence-corrected chi connectivity index (χ1v) is 6.81. The maximum Gasteiger partial charge on any atom is 0.338 e. The van der Waals surface area contributed by atoms with Crippen LogP contribution in [0.5, 0.6) is 5.75 Å². The number of rotatable bonds is 4. The van der Waals surface area contributed by atoms with Gasteiger partial charge < -0.3 is 14.7 Å². The number of carbonyl (C=O) groups excluding carboxylic acids is 2. The zero-order valence-corrected chi connectivity index (χ0v) is 12.4. The minimum Gasteiger partial charge on any atom is -0.508 e. The Bertz CT molecular complexity index is 652. The number of likely N-dealkylation sites (N-methyl/N-ethyl adjacent to an activating group) is 1. The molecule has 2 rings (SSSR count). The molecule has 2 aromatic rings. The van der Waals surface area contributed by atoms with E-state index >= 15 is 0 Å². The van der Waals surface area contributed by atoms with E-state index in [0.717, 1.165) is 5.69 Å². The average molecular weight is 299 g/mol. The fourth-order valence-electron chi connectivity index (χ4n) is 1.93. The van der Waals surface area contributed by atoms with Crippen molar-refractivity contribution in [3.8, 4) is 5.75 Å². The number of amides is 1. The van der Waals surface area contributed by atoms with Crippen molar-refractivity contribution in [3.05, 3.63) is 60.2 Å². The lowest BCUT2D eigenvalue weighted by molar-refractivity contribution is -0.126. The van der Waals surface area contributed by atoms with Crippen LogP contribution in [0, 0.1) is 0 Å². The molecule has 1 atom stereocenters. The molecular weight excluding hydrogens is 282 g/mol. The highest BCUT2D eigenvalue weighted by atomic mass is 16.5. The van der Waals surface area contributed by atoms with E-state index in [1.165, 1.54) is 36.1 Å². The topological polar surface area (TPSA) is 66.8 Å². The average Bonchev–Trinajstić information content (AvgIpc) is 2.54. The lowest BCUT2D eigenvalue weighted by atomic mass is 10.2. The van der Waals surface area contributed by atoms with Crippen LogP contribution in [-0.4, -0.2) is 30.1 Å². The van der Waals surface area contributed by atoms with E-state index in [9.17, 15) is 14.7 Å². The number of phenolic OH excluding ortho intramolecular Hbond substituents is 1. The first kappa shape index (κ1) is 15.6. The second-order valence-electron chi connectivity index (χ2n) is 4.83. The Morgan fingerprint density at radius 2 is 1.64 bits per heavy atom. The number of ether oxygens (including phenoxy) is 1. The minimum absolute atomic E-state index is 0.0597. The van der Waals surface area contributed by atoms with Crippen molar-refractivity contribution in [2.45, 2.75) is 13.0 Å². The second-order valence-corrected chi connectivity index (χ2v) is 4.83. The predicted octanol–water partition coefficient (Wildman–Crippen LogP) is 2.60. The summed E-state index contributed by atoms with van der Waals surface area (Å²) in [5.74, 6) is -0.870. The molecule has 0 aromatic heterocycles. The summed E-state index contributed by atoms with van der Waals surface area (Å²) in [4.78, 5) is 25.7. The molecule has 1 N–H and O–H groups in total. The van der Waals surface area contributed by atoms with Crippen molar-refractivity contribution in [1.29, 1.82) is 0 Å². The Morgan fingerprint density at radius 1 is 1.05 bits per heavy atom. The standard InChI is InChI=1S/C17H17NO4/c1-12(16(20)18(2)14-6-4-3-5-7-14)22-17(21)13-8-10-15(19)11-9-13/h3-12,19H,1-2H3/t12-/m1/s1. The fourth-order valence-corrected chi connectivity index (χ4v) is 1.93. The van der Waals surface area contributed by atoms with E-state index < -0.39 is 12.1 Å². The molecule has 5 nitrogen and oxygen atoms in total. The highest BCUT2D eigenvalue weighted by Crippen LogP contribution is 2.15. The van der Waals surface area contributed by atoms with Gasteiger partial charge >= 0.3 is 5.97 Å². The number of nitrogens with zero attached hydrogens (tertiary/aromatic N) is 1. The van der Waals surface area contributed by atoms with Crippen molar-refractivity contribution in [3.63, 3.8) is 0 Å². The molecule has 0 heterocycles. The van der Waals surface area contributed by atoms with E-state index in [2.05, 4.69) is 0 Å². The summed E-state index contributed by atoms with van der Waals surface area (Å²) in [6, 6.07) is 14.8. The third-order valence-electron chi connectivity index (χ3n) is 3.21. The Kier molecular flexibility index (Phi) is 4.78. The van der Waals surface area contributed by atoms with Gasteiger partial charge in [-0.2, -0.15) is 0 Å². The highest BCUT2D eigenvalue weighted by molar-refractivity contribution is 5.98. The number of anilines is 1. The number of carbonyl (C=O) groups is 2. The molecule has 0 unspecified atom stereocenters. The number of esters is 1. The van der Waals surface area contributed by atoms with Crippen LogP contribution in [0.2, 0.25) is 0 Å². The SMILES string of the molecule is C[C@@H](OC(=O)c1ccc(O)cc1)C(=O)N(C)c1ccccc1. The Labute approximate surface area is 128 Å². The zero-order chi connectivity index (χ0) is 16.1. The van der Waals surface area contributed by atoms with Gasteiger partial charge in [0.25, 0.3) is 5.91 Å². The third kappa shape index (κ3) is 3.63. The van der Waals surface area contributed by atoms with Gasteiger partial charge in [-0.15, -0.1) is 0 Å². The first-order chi connectivity index (χ1) is 10.5. The van der Waals surface area contributed by atoms with Gasteiger partial charge in [-0.25, -0.2) is 4.79 Å². The minimum atomic E-state index is -0.911. The van der Waals surface area contributed by atoms with Gasteiger partial charge in [0.15, 0.2) is 6.10 Å². The van der Waals surface area contributed by atoms with Crippen LogP contribution in [0.1, 0.15) is 17.3 Å². The van der Waals surface area contributed by atoms with Crippen LogP contribution in [-0.2, 0) is 9.53 Å². The Hall–Kier alpha value is -2.82. The van der Waals surface area contributed by atoms with Gasteiger partial charge in [-0.3, -0.25) is 4.79 Å². The monoisotopic (exact) mass is 299 g/mol. The summed E-state index contributed by atoms with van der Waals surface area (Å²) in [7, 11) is 1.63. The van der Waals surface area contributed by atoms with Crippen molar-refractivity contribution >= 4 is 17.6 Å². The molecule has 0 bridgehead atoms. The molecular formula is C17H17NO4. The van der Waals surface area contributed by atoms with E-state index in [0.29, 0.717) is 0 Å². The number of para-hydroxylation sites is 1. The molecule has 0 aliphatic rings. The molecule has 0 aliphatic carbocycles. The second kappa shape index (κ2) is 6.76. The van der Waals surface area contributed by atoms with Crippen LogP contribution < -0.4 is 4.90 Å². The van der Waals surface area contributed by atoms with Crippen molar-refractivity contribution in [2.75, 3.05) is 11.9 Å². The Balaban J connectivity index is 2.02. The van der Waals surface area contributed by atoms with Crippen LogP contribution in [0.15, 0.2) is 54.6 Å². The van der Waals surface area contributed by atoms with Crippen LogP contribution in [0.4, 0.5) is 5.69 Å². The van der Waals surface area contributed by atoms with Crippen LogP contribution in [0.3, 0.4) is 0 Å². The zero-order valence-electron chi connectivity index (χ0n) is 12.4. The summed E-state index contributed by atoms with van der Waals surface area (Å²) in [6.45, 7) is 1.53. The molecule has 0 radical (unpaired) electrons. The largest absolute Gasteiger partial charge is 0.508 e. The summed E-state index contributed by atoms with van der Waals surface area (Å²) in [6.07, 6.45) is -0.911. The molecule has 5 heteroatoms. The molecule has 0 fully saturated rings. The molecule has 114 valence electrons. The molecule has 1 amide bonds. The van der Waals surface area contributed by atoms with Crippen molar-refractivity contribution < 1.29 is 19.4 Å². The Morgan fingerprint density at radius 3 is 2.23 bits per heavy atom. The summed E-state index contributed by atoms with van der Waals surface area (Å²) in [5.41, 5.74) is 1.000. The third-order valence-corrected chi connectivity index (χ3v) is 3.21. The van der Waals surface area contributed by atoms with Gasteiger partial charge in [0, 0.05) is 12.7 Å². The normalized spacial score (nSPS) is 11.5.